The van der Waals surface area contributed by atoms with E-state index in [1.807, 2.05) is 0 Å². The van der Waals surface area contributed by atoms with Crippen molar-refractivity contribution in [2.45, 2.75) is 12.8 Å². The Bertz CT molecular complexity index is 404. The molecule has 0 atom stereocenters. The molecule has 0 aliphatic rings. The van der Waals surface area contributed by atoms with Gasteiger partial charge in [0.25, 0.3) is 5.69 Å². The minimum absolute atomic E-state index is 0.0119. The first kappa shape index (κ1) is 14.1. The van der Waals surface area contributed by atoms with Crippen LogP contribution in [-0.2, 0) is 11.2 Å². The van der Waals surface area contributed by atoms with Gasteiger partial charge in [-0.3, -0.25) is 14.9 Å². The van der Waals surface area contributed by atoms with Gasteiger partial charge < -0.3 is 10.6 Å². The fraction of sp³-hybridized carbons (Fsp3) is 0.417. The number of nitro groups is 1. The number of benzene rings is 1. The third-order valence-corrected chi connectivity index (χ3v) is 2.55. The van der Waals surface area contributed by atoms with Gasteiger partial charge in [0, 0.05) is 32.1 Å². The summed E-state index contributed by atoms with van der Waals surface area (Å²) in [6, 6.07) is 6.50. The summed E-state index contributed by atoms with van der Waals surface area (Å²) < 4.78 is 0. The fourth-order valence-corrected chi connectivity index (χ4v) is 1.47. The van der Waals surface area contributed by atoms with E-state index in [2.05, 4.69) is 10.6 Å². The zero-order valence-electron chi connectivity index (χ0n) is 10.3. The van der Waals surface area contributed by atoms with Crippen molar-refractivity contribution in [1.82, 2.24) is 10.6 Å². The molecule has 0 radical (unpaired) electrons. The van der Waals surface area contributed by atoms with Crippen molar-refractivity contribution in [2.75, 3.05) is 20.1 Å². The first-order valence-electron chi connectivity index (χ1n) is 5.78. The lowest BCUT2D eigenvalue weighted by Gasteiger charge is -2.04. The minimum Gasteiger partial charge on any atom is -0.359 e. The summed E-state index contributed by atoms with van der Waals surface area (Å²) in [6.45, 7) is 1.38. The number of nitro benzene ring substituents is 1. The molecule has 18 heavy (non-hydrogen) atoms. The lowest BCUT2D eigenvalue weighted by atomic mass is 10.1. The molecule has 0 saturated heterocycles. The Morgan fingerprint density at radius 1 is 1.28 bits per heavy atom. The third kappa shape index (κ3) is 4.92. The predicted octanol–water partition coefficient (Wildman–Crippen LogP) is 0.863. The van der Waals surface area contributed by atoms with E-state index in [0.29, 0.717) is 13.0 Å². The van der Waals surface area contributed by atoms with Crippen LogP contribution in [0.3, 0.4) is 0 Å². The Balaban J connectivity index is 2.23. The van der Waals surface area contributed by atoms with Crippen molar-refractivity contribution in [3.05, 3.63) is 39.9 Å². The Morgan fingerprint density at radius 2 is 1.94 bits per heavy atom. The molecule has 6 heteroatoms. The van der Waals surface area contributed by atoms with Crippen molar-refractivity contribution >= 4 is 11.6 Å². The van der Waals surface area contributed by atoms with E-state index in [9.17, 15) is 14.9 Å². The highest BCUT2D eigenvalue weighted by molar-refractivity contribution is 5.75. The summed E-state index contributed by atoms with van der Waals surface area (Å²) in [6.07, 6.45) is 1.24. The van der Waals surface area contributed by atoms with Crippen molar-refractivity contribution in [1.29, 1.82) is 0 Å². The van der Waals surface area contributed by atoms with Crippen LogP contribution in [0.1, 0.15) is 12.0 Å². The standard InChI is InChI=1S/C12H17N3O3/c1-13-12(16)7-9-14-8-6-10-2-4-11(5-3-10)15(17)18/h2-5,14H,6-9H2,1H3,(H,13,16). The molecule has 0 aliphatic heterocycles. The van der Waals surface area contributed by atoms with Gasteiger partial charge in [0.15, 0.2) is 0 Å². The molecule has 1 amide bonds. The lowest BCUT2D eigenvalue weighted by Crippen LogP contribution is -2.25. The van der Waals surface area contributed by atoms with E-state index >= 15 is 0 Å². The van der Waals surface area contributed by atoms with Gasteiger partial charge in [-0.05, 0) is 18.5 Å². The molecular weight excluding hydrogens is 234 g/mol. The van der Waals surface area contributed by atoms with Crippen molar-refractivity contribution in [3.63, 3.8) is 0 Å². The quantitative estimate of drug-likeness (QED) is 0.427. The molecule has 0 unspecified atom stereocenters. The second-order valence-electron chi connectivity index (χ2n) is 3.85. The maximum atomic E-state index is 10.9. The van der Waals surface area contributed by atoms with Crippen LogP contribution in [0.15, 0.2) is 24.3 Å². The predicted molar refractivity (Wildman–Crippen MR) is 68.4 cm³/mol. The second kappa shape index (κ2) is 7.39. The van der Waals surface area contributed by atoms with Gasteiger partial charge in [-0.25, -0.2) is 0 Å². The van der Waals surface area contributed by atoms with Crippen LogP contribution in [0.4, 0.5) is 5.69 Å². The van der Waals surface area contributed by atoms with Crippen molar-refractivity contribution in [3.8, 4) is 0 Å². The van der Waals surface area contributed by atoms with Crippen LogP contribution in [0.5, 0.6) is 0 Å². The van der Waals surface area contributed by atoms with Crippen LogP contribution >= 0.6 is 0 Å². The SMILES string of the molecule is CNC(=O)CCNCCc1ccc([N+](=O)[O-])cc1. The van der Waals surface area contributed by atoms with E-state index < -0.39 is 4.92 Å². The highest BCUT2D eigenvalue weighted by atomic mass is 16.6. The second-order valence-corrected chi connectivity index (χ2v) is 3.85. The third-order valence-electron chi connectivity index (χ3n) is 2.55. The molecule has 2 N–H and O–H groups in total. The number of hydrogen-bond acceptors (Lipinski definition) is 4. The summed E-state index contributed by atoms with van der Waals surface area (Å²) in [7, 11) is 1.61. The van der Waals surface area contributed by atoms with E-state index in [0.717, 1.165) is 18.5 Å². The van der Waals surface area contributed by atoms with E-state index in [4.69, 9.17) is 0 Å². The Kier molecular flexibility index (Phi) is 5.79. The largest absolute Gasteiger partial charge is 0.359 e. The van der Waals surface area contributed by atoms with Crippen molar-refractivity contribution in [2.24, 2.45) is 0 Å². The van der Waals surface area contributed by atoms with E-state index in [1.165, 1.54) is 12.1 Å². The maximum Gasteiger partial charge on any atom is 0.269 e. The van der Waals surface area contributed by atoms with Crippen LogP contribution in [0.2, 0.25) is 0 Å². The number of non-ortho nitro benzene ring substituents is 1. The maximum absolute atomic E-state index is 10.9. The zero-order chi connectivity index (χ0) is 13.4. The summed E-state index contributed by atoms with van der Waals surface area (Å²) in [4.78, 5) is 21.0. The zero-order valence-corrected chi connectivity index (χ0v) is 10.3. The van der Waals surface area contributed by atoms with Crippen molar-refractivity contribution < 1.29 is 9.72 Å². The summed E-state index contributed by atoms with van der Waals surface area (Å²) >= 11 is 0. The topological polar surface area (TPSA) is 84.3 Å². The fourth-order valence-electron chi connectivity index (χ4n) is 1.47. The van der Waals surface area contributed by atoms with E-state index in [1.54, 1.807) is 19.2 Å². The average Bonchev–Trinajstić information content (AvgIpc) is 2.38. The van der Waals surface area contributed by atoms with Gasteiger partial charge in [-0.15, -0.1) is 0 Å². The molecule has 6 nitrogen and oxygen atoms in total. The van der Waals surface area contributed by atoms with Crippen LogP contribution in [0, 0.1) is 10.1 Å². The molecule has 0 saturated carbocycles. The van der Waals surface area contributed by atoms with Gasteiger partial charge in [0.05, 0.1) is 4.92 Å². The Labute approximate surface area is 106 Å². The lowest BCUT2D eigenvalue weighted by molar-refractivity contribution is -0.384. The first-order valence-corrected chi connectivity index (χ1v) is 5.78. The number of carbonyl (C=O) groups excluding carboxylic acids is 1. The Morgan fingerprint density at radius 3 is 2.50 bits per heavy atom. The summed E-state index contributed by atoms with van der Waals surface area (Å²) in [5, 5.41) is 16.1. The first-order chi connectivity index (χ1) is 8.63. The average molecular weight is 251 g/mol. The molecule has 0 heterocycles. The molecule has 0 aliphatic carbocycles. The van der Waals surface area contributed by atoms with Crippen LogP contribution < -0.4 is 10.6 Å². The monoisotopic (exact) mass is 251 g/mol. The van der Waals surface area contributed by atoms with Gasteiger partial charge in [0.1, 0.15) is 0 Å². The number of rotatable bonds is 7. The number of hydrogen-bond donors (Lipinski definition) is 2. The minimum atomic E-state index is -0.411. The molecule has 0 bridgehead atoms. The number of nitrogens with zero attached hydrogens (tertiary/aromatic N) is 1. The molecular formula is C12H17N3O3. The van der Waals surface area contributed by atoms with Gasteiger partial charge in [-0.1, -0.05) is 12.1 Å². The molecule has 1 aromatic carbocycles. The number of nitrogens with one attached hydrogen (secondary N) is 2. The molecule has 1 rings (SSSR count). The molecule has 0 aromatic heterocycles. The Hall–Kier alpha value is -1.95. The van der Waals surface area contributed by atoms with Gasteiger partial charge in [-0.2, -0.15) is 0 Å². The summed E-state index contributed by atoms with van der Waals surface area (Å²) in [5.41, 5.74) is 1.14. The van der Waals surface area contributed by atoms with Gasteiger partial charge in [0.2, 0.25) is 5.91 Å². The van der Waals surface area contributed by atoms with Crippen LogP contribution in [-0.4, -0.2) is 31.0 Å². The van der Waals surface area contributed by atoms with Gasteiger partial charge >= 0.3 is 0 Å². The highest BCUT2D eigenvalue weighted by Crippen LogP contribution is 2.11. The smallest absolute Gasteiger partial charge is 0.269 e. The number of carbonyl (C=O) groups is 1. The number of amides is 1. The normalized spacial score (nSPS) is 10.1. The molecule has 0 fully saturated rings. The molecule has 98 valence electrons. The van der Waals surface area contributed by atoms with Crippen LogP contribution in [0.25, 0.3) is 0 Å². The molecule has 1 aromatic rings. The molecule has 0 spiro atoms. The summed E-state index contributed by atoms with van der Waals surface area (Å²) in [5.74, 6) is 0.0119. The highest BCUT2D eigenvalue weighted by Gasteiger charge is 2.03. The van der Waals surface area contributed by atoms with E-state index in [-0.39, 0.29) is 11.6 Å².